The molecular weight excluding hydrogens is 268 g/mol. The topological polar surface area (TPSA) is 58.2 Å². The molecule has 18 heavy (non-hydrogen) atoms. The van der Waals surface area contributed by atoms with E-state index in [-0.39, 0.29) is 6.04 Å². The van der Waals surface area contributed by atoms with Crippen LogP contribution in [0.5, 0.6) is 0 Å². The minimum Gasteiger partial charge on any atom is -0.384 e. The lowest BCUT2D eigenvalue weighted by Crippen LogP contribution is -2.35. The summed E-state index contributed by atoms with van der Waals surface area (Å²) < 4.78 is 27.4. The fourth-order valence-electron chi connectivity index (χ4n) is 1.95. The predicted molar refractivity (Wildman–Crippen MR) is 76.7 cm³/mol. The molecule has 1 unspecified atom stereocenters. The molecule has 1 saturated heterocycles. The molecule has 1 aromatic rings. The molecule has 0 amide bonds. The van der Waals surface area contributed by atoms with Crippen molar-refractivity contribution >= 4 is 27.5 Å². The summed E-state index contributed by atoms with van der Waals surface area (Å²) in [6.07, 6.45) is 0.910. The van der Waals surface area contributed by atoms with Crippen molar-refractivity contribution in [2.24, 2.45) is 0 Å². The molecule has 100 valence electrons. The van der Waals surface area contributed by atoms with Crippen molar-refractivity contribution in [3.8, 4) is 0 Å². The number of hydrogen-bond donors (Lipinski definition) is 2. The zero-order chi connectivity index (χ0) is 13.0. The minimum atomic E-state index is -3.42. The minimum absolute atomic E-state index is 0.0645. The summed E-state index contributed by atoms with van der Waals surface area (Å²) >= 11 is 1.79. The van der Waals surface area contributed by atoms with Crippen molar-refractivity contribution in [1.82, 2.24) is 4.72 Å². The Balaban J connectivity index is 2.22. The molecule has 1 aromatic carbocycles. The third-order valence-electron chi connectivity index (χ3n) is 2.80. The first-order chi connectivity index (χ1) is 8.63. The zero-order valence-electron chi connectivity index (χ0n) is 10.3. The Labute approximate surface area is 113 Å². The van der Waals surface area contributed by atoms with Crippen molar-refractivity contribution in [3.05, 3.63) is 24.3 Å². The smallest absolute Gasteiger partial charge is 0.242 e. The van der Waals surface area contributed by atoms with E-state index >= 15 is 0 Å². The summed E-state index contributed by atoms with van der Waals surface area (Å²) in [4.78, 5) is 0.337. The summed E-state index contributed by atoms with van der Waals surface area (Å²) in [6.45, 7) is 2.65. The van der Waals surface area contributed by atoms with Gasteiger partial charge in [-0.05, 0) is 31.2 Å². The Morgan fingerprint density at radius 2 is 2.17 bits per heavy atom. The number of sulfonamides is 1. The van der Waals surface area contributed by atoms with E-state index in [0.29, 0.717) is 17.1 Å². The number of hydrogen-bond acceptors (Lipinski definition) is 4. The molecule has 2 rings (SSSR count). The van der Waals surface area contributed by atoms with Crippen LogP contribution >= 0.6 is 11.8 Å². The number of rotatable bonds is 5. The quantitative estimate of drug-likeness (QED) is 0.868. The highest BCUT2D eigenvalue weighted by molar-refractivity contribution is 7.99. The van der Waals surface area contributed by atoms with Crippen LogP contribution in [0.3, 0.4) is 0 Å². The first kappa shape index (κ1) is 13.7. The van der Waals surface area contributed by atoms with Gasteiger partial charge in [0.25, 0.3) is 0 Å². The standard InChI is InChI=1S/C12H18N2O2S2/c1-2-13-11-5-3-4-6-12(11)18(15,16)14-10-7-8-17-9-10/h3-6,10,13-14H,2,7-9H2,1H3. The molecule has 1 atom stereocenters. The normalized spacial score (nSPS) is 19.9. The van der Waals surface area contributed by atoms with Gasteiger partial charge in [-0.3, -0.25) is 0 Å². The fourth-order valence-corrected chi connectivity index (χ4v) is 4.66. The Bertz CT molecular complexity index is 497. The molecule has 4 nitrogen and oxygen atoms in total. The van der Waals surface area contributed by atoms with Crippen LogP contribution < -0.4 is 10.0 Å². The van der Waals surface area contributed by atoms with Crippen LogP contribution in [-0.4, -0.2) is 32.5 Å². The predicted octanol–water partition coefficient (Wildman–Crippen LogP) is 1.90. The molecule has 6 heteroatoms. The third kappa shape index (κ3) is 3.18. The lowest BCUT2D eigenvalue weighted by atomic mass is 10.3. The Morgan fingerprint density at radius 3 is 2.83 bits per heavy atom. The average molecular weight is 286 g/mol. The summed E-state index contributed by atoms with van der Waals surface area (Å²) in [7, 11) is -3.42. The number of para-hydroxylation sites is 1. The second kappa shape index (κ2) is 5.95. The van der Waals surface area contributed by atoms with Gasteiger partial charge in [0.05, 0.1) is 5.69 Å². The Morgan fingerprint density at radius 1 is 1.39 bits per heavy atom. The lowest BCUT2D eigenvalue weighted by Gasteiger charge is -2.15. The third-order valence-corrected chi connectivity index (χ3v) is 5.54. The van der Waals surface area contributed by atoms with Gasteiger partial charge in [0.2, 0.25) is 10.0 Å². The largest absolute Gasteiger partial charge is 0.384 e. The number of nitrogens with one attached hydrogen (secondary N) is 2. The van der Waals surface area contributed by atoms with Gasteiger partial charge in [0.15, 0.2) is 0 Å². The van der Waals surface area contributed by atoms with Crippen LogP contribution in [-0.2, 0) is 10.0 Å². The van der Waals surface area contributed by atoms with Crippen molar-refractivity contribution < 1.29 is 8.42 Å². The molecule has 1 heterocycles. The Hall–Kier alpha value is -0.720. The molecule has 2 N–H and O–H groups in total. The van der Waals surface area contributed by atoms with E-state index in [4.69, 9.17) is 0 Å². The van der Waals surface area contributed by atoms with Gasteiger partial charge in [0, 0.05) is 18.3 Å². The summed E-state index contributed by atoms with van der Waals surface area (Å²) in [5.74, 6) is 1.89. The van der Waals surface area contributed by atoms with Crippen molar-refractivity contribution in [1.29, 1.82) is 0 Å². The van der Waals surface area contributed by atoms with Crippen LogP contribution in [0.4, 0.5) is 5.69 Å². The van der Waals surface area contributed by atoms with Crippen LogP contribution in [0.15, 0.2) is 29.2 Å². The van der Waals surface area contributed by atoms with E-state index in [0.717, 1.165) is 17.9 Å². The summed E-state index contributed by atoms with van der Waals surface area (Å²) in [6, 6.07) is 7.08. The van der Waals surface area contributed by atoms with E-state index in [9.17, 15) is 8.42 Å². The highest BCUT2D eigenvalue weighted by Crippen LogP contribution is 2.23. The molecule has 0 radical (unpaired) electrons. The maximum absolute atomic E-state index is 12.3. The molecule has 1 fully saturated rings. The lowest BCUT2D eigenvalue weighted by molar-refractivity contribution is 0.563. The first-order valence-corrected chi connectivity index (χ1v) is 8.70. The van der Waals surface area contributed by atoms with Crippen molar-refractivity contribution in [2.45, 2.75) is 24.3 Å². The number of benzene rings is 1. The highest BCUT2D eigenvalue weighted by atomic mass is 32.2. The monoisotopic (exact) mass is 286 g/mol. The summed E-state index contributed by atoms with van der Waals surface area (Å²) in [5.41, 5.74) is 0.665. The molecule has 1 aliphatic heterocycles. The first-order valence-electron chi connectivity index (χ1n) is 6.06. The van der Waals surface area contributed by atoms with E-state index in [1.54, 1.807) is 30.0 Å². The van der Waals surface area contributed by atoms with E-state index in [2.05, 4.69) is 10.0 Å². The number of anilines is 1. The maximum Gasteiger partial charge on any atom is 0.242 e. The van der Waals surface area contributed by atoms with Crippen LogP contribution in [0.2, 0.25) is 0 Å². The number of thioether (sulfide) groups is 1. The Kier molecular flexibility index (Phi) is 4.53. The van der Waals surface area contributed by atoms with Gasteiger partial charge >= 0.3 is 0 Å². The van der Waals surface area contributed by atoms with E-state index < -0.39 is 10.0 Å². The maximum atomic E-state index is 12.3. The fraction of sp³-hybridized carbons (Fsp3) is 0.500. The van der Waals surface area contributed by atoms with Gasteiger partial charge in [-0.1, -0.05) is 12.1 Å². The van der Waals surface area contributed by atoms with E-state index in [1.165, 1.54) is 0 Å². The second-order valence-corrected chi connectivity index (χ2v) is 7.04. The van der Waals surface area contributed by atoms with Crippen LogP contribution in [0.1, 0.15) is 13.3 Å². The van der Waals surface area contributed by atoms with Crippen molar-refractivity contribution in [3.63, 3.8) is 0 Å². The van der Waals surface area contributed by atoms with Crippen LogP contribution in [0, 0.1) is 0 Å². The molecule has 0 saturated carbocycles. The van der Waals surface area contributed by atoms with Crippen LogP contribution in [0.25, 0.3) is 0 Å². The molecule has 1 aliphatic rings. The molecular formula is C12H18N2O2S2. The molecule has 0 aromatic heterocycles. The summed E-state index contributed by atoms with van der Waals surface area (Å²) in [5, 5.41) is 3.08. The molecule has 0 aliphatic carbocycles. The van der Waals surface area contributed by atoms with Gasteiger partial charge in [-0.25, -0.2) is 13.1 Å². The molecule has 0 spiro atoms. The van der Waals surface area contributed by atoms with Crippen molar-refractivity contribution in [2.75, 3.05) is 23.4 Å². The van der Waals surface area contributed by atoms with Gasteiger partial charge in [0.1, 0.15) is 4.90 Å². The highest BCUT2D eigenvalue weighted by Gasteiger charge is 2.24. The van der Waals surface area contributed by atoms with Gasteiger partial charge in [-0.15, -0.1) is 0 Å². The van der Waals surface area contributed by atoms with Gasteiger partial charge in [-0.2, -0.15) is 11.8 Å². The second-order valence-electron chi connectivity index (χ2n) is 4.21. The molecule has 0 bridgehead atoms. The van der Waals surface area contributed by atoms with Gasteiger partial charge < -0.3 is 5.32 Å². The van der Waals surface area contributed by atoms with E-state index in [1.807, 2.05) is 13.0 Å². The SMILES string of the molecule is CCNc1ccccc1S(=O)(=O)NC1CCSC1. The zero-order valence-corrected chi connectivity index (χ0v) is 12.0. The average Bonchev–Trinajstić information content (AvgIpc) is 2.82.